The maximum atomic E-state index is 12.7. The summed E-state index contributed by atoms with van der Waals surface area (Å²) in [6.07, 6.45) is 8.27. The van der Waals surface area contributed by atoms with Crippen LogP contribution in [-0.4, -0.2) is 36.0 Å². The van der Waals surface area contributed by atoms with Gasteiger partial charge < -0.3 is 13.9 Å². The summed E-state index contributed by atoms with van der Waals surface area (Å²) in [4.78, 5) is 43.2. The lowest BCUT2D eigenvalue weighted by Crippen LogP contribution is -2.44. The second-order valence-electron chi connectivity index (χ2n) is 5.79. The fraction of sp³-hybridized carbons (Fsp3) is 0.294. The molecule has 0 aliphatic rings. The van der Waals surface area contributed by atoms with Gasteiger partial charge in [0.05, 0.1) is 25.7 Å². The molecule has 3 rings (SSSR count). The SMILES string of the molecule is C#CCN(Cc1ccco1)C(=O)Cn1c(=O)c2c(ncn2C)n(C)c1=O. The molecule has 1 amide bonds. The van der Waals surface area contributed by atoms with Gasteiger partial charge in [0.15, 0.2) is 11.2 Å². The minimum atomic E-state index is -0.617. The number of terminal acetylenes is 1. The van der Waals surface area contributed by atoms with Crippen LogP contribution in [0.2, 0.25) is 0 Å². The van der Waals surface area contributed by atoms with Crippen LogP contribution in [0.15, 0.2) is 38.7 Å². The molecule has 0 N–H and O–H groups in total. The average molecular weight is 355 g/mol. The van der Waals surface area contributed by atoms with E-state index in [4.69, 9.17) is 10.8 Å². The third kappa shape index (κ3) is 2.93. The first-order valence-electron chi connectivity index (χ1n) is 7.78. The summed E-state index contributed by atoms with van der Waals surface area (Å²) in [6.45, 7) is -0.239. The molecule has 0 aliphatic heterocycles. The molecule has 0 saturated heterocycles. The van der Waals surface area contributed by atoms with Gasteiger partial charge in [0.1, 0.15) is 12.3 Å². The zero-order valence-corrected chi connectivity index (χ0v) is 14.4. The zero-order chi connectivity index (χ0) is 18.8. The number of fused-ring (bicyclic) bond motifs is 1. The molecular formula is C17H17N5O4. The quantitative estimate of drug-likeness (QED) is 0.585. The Balaban J connectivity index is 1.98. The molecule has 26 heavy (non-hydrogen) atoms. The molecule has 0 bridgehead atoms. The van der Waals surface area contributed by atoms with E-state index in [1.807, 2.05) is 0 Å². The molecule has 0 atom stereocenters. The van der Waals surface area contributed by atoms with Crippen molar-refractivity contribution >= 4 is 17.1 Å². The maximum Gasteiger partial charge on any atom is 0.332 e. The molecule has 134 valence electrons. The molecule has 9 heteroatoms. The third-order valence-electron chi connectivity index (χ3n) is 4.06. The Kier molecular flexibility index (Phi) is 4.49. The molecule has 0 spiro atoms. The van der Waals surface area contributed by atoms with Crippen molar-refractivity contribution in [3.8, 4) is 12.3 Å². The Morgan fingerprint density at radius 2 is 2.15 bits per heavy atom. The number of furan rings is 1. The summed E-state index contributed by atoms with van der Waals surface area (Å²) in [5.41, 5.74) is -0.681. The van der Waals surface area contributed by atoms with Gasteiger partial charge >= 0.3 is 5.69 Å². The van der Waals surface area contributed by atoms with Gasteiger partial charge in [-0.15, -0.1) is 6.42 Å². The van der Waals surface area contributed by atoms with E-state index in [1.165, 1.54) is 33.7 Å². The van der Waals surface area contributed by atoms with Gasteiger partial charge in [-0.2, -0.15) is 0 Å². The number of hydrogen-bond donors (Lipinski definition) is 0. The van der Waals surface area contributed by atoms with Gasteiger partial charge in [0.25, 0.3) is 5.56 Å². The Morgan fingerprint density at radius 1 is 1.38 bits per heavy atom. The topological polar surface area (TPSA) is 95.3 Å². The van der Waals surface area contributed by atoms with Crippen molar-refractivity contribution in [2.45, 2.75) is 13.1 Å². The molecule has 0 saturated carbocycles. The second-order valence-corrected chi connectivity index (χ2v) is 5.79. The van der Waals surface area contributed by atoms with Crippen molar-refractivity contribution < 1.29 is 9.21 Å². The first-order valence-corrected chi connectivity index (χ1v) is 7.78. The Morgan fingerprint density at radius 3 is 2.81 bits per heavy atom. The highest BCUT2D eigenvalue weighted by Crippen LogP contribution is 2.07. The minimum Gasteiger partial charge on any atom is -0.467 e. The van der Waals surface area contributed by atoms with E-state index in [9.17, 15) is 14.4 Å². The van der Waals surface area contributed by atoms with Gasteiger partial charge in [-0.3, -0.25) is 14.2 Å². The van der Waals surface area contributed by atoms with Crippen LogP contribution in [-0.2, 0) is 32.0 Å². The first-order chi connectivity index (χ1) is 12.4. The van der Waals surface area contributed by atoms with Crippen molar-refractivity contribution in [1.29, 1.82) is 0 Å². The van der Waals surface area contributed by atoms with E-state index >= 15 is 0 Å². The smallest absolute Gasteiger partial charge is 0.332 e. The van der Waals surface area contributed by atoms with Crippen LogP contribution in [0.3, 0.4) is 0 Å². The van der Waals surface area contributed by atoms with Crippen LogP contribution in [0.5, 0.6) is 0 Å². The molecule has 0 aromatic carbocycles. The van der Waals surface area contributed by atoms with E-state index in [2.05, 4.69) is 10.9 Å². The number of hydrogen-bond acceptors (Lipinski definition) is 5. The van der Waals surface area contributed by atoms with Crippen molar-refractivity contribution in [2.24, 2.45) is 14.1 Å². The maximum absolute atomic E-state index is 12.7. The molecule has 3 heterocycles. The predicted octanol–water partition coefficient (Wildman–Crippen LogP) is -0.311. The van der Waals surface area contributed by atoms with E-state index in [0.29, 0.717) is 5.76 Å². The molecule has 0 aliphatic carbocycles. The molecule has 0 unspecified atom stereocenters. The molecular weight excluding hydrogens is 338 g/mol. The first kappa shape index (κ1) is 17.3. The number of aryl methyl sites for hydroxylation is 2. The molecule has 0 fully saturated rings. The number of carbonyl (C=O) groups excluding carboxylic acids is 1. The fourth-order valence-corrected chi connectivity index (χ4v) is 2.70. The van der Waals surface area contributed by atoms with E-state index < -0.39 is 23.7 Å². The zero-order valence-electron chi connectivity index (χ0n) is 14.4. The summed E-state index contributed by atoms with van der Waals surface area (Å²) in [5.74, 6) is 2.49. The van der Waals surface area contributed by atoms with Crippen LogP contribution < -0.4 is 11.2 Å². The van der Waals surface area contributed by atoms with Gasteiger partial charge in [0.2, 0.25) is 5.91 Å². The number of carbonyl (C=O) groups is 1. The summed E-state index contributed by atoms with van der Waals surface area (Å²) in [6, 6.07) is 3.41. The fourth-order valence-electron chi connectivity index (χ4n) is 2.70. The van der Waals surface area contributed by atoms with Gasteiger partial charge in [-0.1, -0.05) is 5.92 Å². The second kappa shape index (κ2) is 6.76. The number of amides is 1. The number of aromatic nitrogens is 4. The van der Waals surface area contributed by atoms with E-state index in [-0.39, 0.29) is 24.3 Å². The number of rotatable bonds is 5. The highest BCUT2D eigenvalue weighted by molar-refractivity contribution is 5.77. The van der Waals surface area contributed by atoms with E-state index in [0.717, 1.165) is 4.57 Å². The Bertz CT molecular complexity index is 1110. The summed E-state index contributed by atoms with van der Waals surface area (Å²) in [7, 11) is 3.15. The van der Waals surface area contributed by atoms with Gasteiger partial charge in [-0.05, 0) is 12.1 Å². The Hall–Kier alpha value is -3.54. The van der Waals surface area contributed by atoms with Crippen molar-refractivity contribution in [1.82, 2.24) is 23.6 Å². The number of imidazole rings is 1. The van der Waals surface area contributed by atoms with Crippen LogP contribution in [0.25, 0.3) is 11.2 Å². The minimum absolute atomic E-state index is 0.0303. The highest BCUT2D eigenvalue weighted by atomic mass is 16.3. The average Bonchev–Trinajstić information content (AvgIpc) is 3.26. The number of nitrogens with zero attached hydrogens (tertiary/aromatic N) is 5. The van der Waals surface area contributed by atoms with Gasteiger partial charge in [-0.25, -0.2) is 14.3 Å². The van der Waals surface area contributed by atoms with E-state index in [1.54, 1.807) is 19.2 Å². The van der Waals surface area contributed by atoms with Crippen LogP contribution in [0, 0.1) is 12.3 Å². The summed E-state index contributed by atoms with van der Waals surface area (Å²) >= 11 is 0. The molecule has 9 nitrogen and oxygen atoms in total. The van der Waals surface area contributed by atoms with Gasteiger partial charge in [0, 0.05) is 14.1 Å². The van der Waals surface area contributed by atoms with Crippen molar-refractivity contribution in [3.05, 3.63) is 51.3 Å². The van der Waals surface area contributed by atoms with Crippen LogP contribution in [0.4, 0.5) is 0 Å². The van der Waals surface area contributed by atoms with Crippen molar-refractivity contribution in [2.75, 3.05) is 6.54 Å². The highest BCUT2D eigenvalue weighted by Gasteiger charge is 2.20. The summed E-state index contributed by atoms with van der Waals surface area (Å²) < 4.78 is 8.87. The monoisotopic (exact) mass is 355 g/mol. The lowest BCUT2D eigenvalue weighted by Gasteiger charge is -2.19. The predicted molar refractivity (Wildman–Crippen MR) is 93.2 cm³/mol. The Labute approximate surface area is 148 Å². The third-order valence-corrected chi connectivity index (χ3v) is 4.06. The largest absolute Gasteiger partial charge is 0.467 e. The molecule has 3 aromatic heterocycles. The van der Waals surface area contributed by atoms with Crippen molar-refractivity contribution in [3.63, 3.8) is 0 Å². The molecule has 0 radical (unpaired) electrons. The molecule has 3 aromatic rings. The lowest BCUT2D eigenvalue weighted by atomic mass is 10.3. The standard InChI is InChI=1S/C17H17N5O4/c1-4-7-21(9-12-6-5-8-26-12)13(23)10-22-16(24)14-15(18-11-19(14)2)20(3)17(22)25/h1,5-6,8,11H,7,9-10H2,2-3H3. The normalized spacial score (nSPS) is 10.8. The lowest BCUT2D eigenvalue weighted by molar-refractivity contribution is -0.132. The van der Waals surface area contributed by atoms with Crippen LogP contribution in [0.1, 0.15) is 5.76 Å². The van der Waals surface area contributed by atoms with Crippen LogP contribution >= 0.6 is 0 Å². The summed E-state index contributed by atoms with van der Waals surface area (Å²) in [5, 5.41) is 0.